The summed E-state index contributed by atoms with van der Waals surface area (Å²) in [7, 11) is 0. The van der Waals surface area contributed by atoms with Crippen LogP contribution >= 0.6 is 0 Å². The molecule has 0 saturated heterocycles. The Morgan fingerprint density at radius 1 is 1.53 bits per heavy atom. The van der Waals surface area contributed by atoms with E-state index in [0.717, 1.165) is 5.56 Å². The molecule has 7 heteroatoms. The number of nitrogens with two attached hydrogens (primary N) is 1. The molecule has 0 bridgehead atoms. The summed E-state index contributed by atoms with van der Waals surface area (Å²) in [4.78, 5) is 10.2. The molecule has 0 aromatic heterocycles. The number of ether oxygens (including phenoxy) is 2. The van der Waals surface area contributed by atoms with E-state index in [9.17, 15) is 10.1 Å². The Kier molecular flexibility index (Phi) is 6.20. The van der Waals surface area contributed by atoms with Crippen molar-refractivity contribution in [3.63, 3.8) is 0 Å². The fourth-order valence-electron chi connectivity index (χ4n) is 1.52. The molecule has 0 spiro atoms. The topological polar surface area (TPSA) is 99.6 Å². The largest absolute Gasteiger partial charge is 0.379 e. The van der Waals surface area contributed by atoms with Crippen molar-refractivity contribution < 1.29 is 14.4 Å². The minimum Gasteiger partial charge on any atom is -0.379 e. The van der Waals surface area contributed by atoms with Gasteiger partial charge in [0.1, 0.15) is 5.69 Å². The van der Waals surface area contributed by atoms with Crippen LogP contribution in [-0.4, -0.2) is 24.2 Å². The van der Waals surface area contributed by atoms with Crippen molar-refractivity contribution in [2.45, 2.75) is 26.6 Å². The molecule has 0 heterocycles. The van der Waals surface area contributed by atoms with E-state index < -0.39 is 4.92 Å². The minimum atomic E-state index is -0.489. The first-order chi connectivity index (χ1) is 9.08. The number of anilines is 1. The molecule has 1 rings (SSSR count). The summed E-state index contributed by atoms with van der Waals surface area (Å²) >= 11 is 0. The molecule has 0 amide bonds. The molecular weight excluding hydrogens is 250 g/mol. The van der Waals surface area contributed by atoms with Crippen LogP contribution in [0.15, 0.2) is 18.2 Å². The second-order valence-corrected chi connectivity index (χ2v) is 4.03. The highest BCUT2D eigenvalue weighted by Crippen LogP contribution is 2.24. The third kappa shape index (κ3) is 4.82. The Morgan fingerprint density at radius 3 is 2.84 bits per heavy atom. The lowest BCUT2D eigenvalue weighted by Crippen LogP contribution is -2.16. The number of hydrogen-bond donors (Lipinski definition) is 2. The van der Waals surface area contributed by atoms with Gasteiger partial charge in [-0.05, 0) is 31.5 Å². The van der Waals surface area contributed by atoms with Crippen molar-refractivity contribution in [3.05, 3.63) is 33.9 Å². The molecule has 1 aromatic carbocycles. The molecule has 0 aliphatic rings. The molecule has 0 radical (unpaired) electrons. The summed E-state index contributed by atoms with van der Waals surface area (Å²) < 4.78 is 10.8. The molecule has 3 N–H and O–H groups in total. The van der Waals surface area contributed by atoms with Crippen LogP contribution in [0, 0.1) is 10.1 Å². The number of nitro groups is 1. The normalized spacial score (nSPS) is 12.2. The van der Waals surface area contributed by atoms with Gasteiger partial charge in [-0.2, -0.15) is 0 Å². The van der Waals surface area contributed by atoms with Crippen LogP contribution in [0.4, 0.5) is 11.4 Å². The van der Waals surface area contributed by atoms with Crippen molar-refractivity contribution in [1.29, 1.82) is 0 Å². The molecule has 1 unspecified atom stereocenters. The van der Waals surface area contributed by atoms with E-state index in [-0.39, 0.29) is 17.5 Å². The summed E-state index contributed by atoms with van der Waals surface area (Å²) in [6.07, 6.45) is -0.0376. The van der Waals surface area contributed by atoms with Crippen LogP contribution in [0.1, 0.15) is 19.4 Å². The zero-order valence-corrected chi connectivity index (χ0v) is 11.1. The minimum absolute atomic E-state index is 0.0376. The quantitative estimate of drug-likeness (QED) is 0.424. The van der Waals surface area contributed by atoms with Gasteiger partial charge in [-0.3, -0.25) is 16.0 Å². The van der Waals surface area contributed by atoms with Crippen LogP contribution in [0.2, 0.25) is 0 Å². The maximum atomic E-state index is 10.7. The predicted octanol–water partition coefficient (Wildman–Crippen LogP) is 1.82. The first-order valence-corrected chi connectivity index (χ1v) is 6.01. The Morgan fingerprint density at radius 2 is 2.26 bits per heavy atom. The number of nitrogens with one attached hydrogen (secondary N) is 1. The first-order valence-electron chi connectivity index (χ1n) is 6.01. The van der Waals surface area contributed by atoms with Gasteiger partial charge in [0.2, 0.25) is 0 Å². The van der Waals surface area contributed by atoms with Gasteiger partial charge < -0.3 is 14.9 Å². The number of rotatable bonds is 8. The van der Waals surface area contributed by atoms with Crippen LogP contribution in [-0.2, 0) is 16.1 Å². The van der Waals surface area contributed by atoms with Crippen molar-refractivity contribution in [2.24, 2.45) is 5.84 Å². The highest BCUT2D eigenvalue weighted by atomic mass is 16.6. The Hall–Kier alpha value is -1.70. The van der Waals surface area contributed by atoms with E-state index >= 15 is 0 Å². The van der Waals surface area contributed by atoms with Gasteiger partial charge in [0, 0.05) is 12.7 Å². The summed E-state index contributed by atoms with van der Waals surface area (Å²) in [6, 6.07) is 4.65. The molecule has 0 fully saturated rings. The summed E-state index contributed by atoms with van der Waals surface area (Å²) in [5.41, 5.74) is 3.33. The van der Waals surface area contributed by atoms with E-state index in [1.807, 2.05) is 13.8 Å². The van der Waals surface area contributed by atoms with Crippen molar-refractivity contribution in [1.82, 2.24) is 0 Å². The molecule has 0 aliphatic carbocycles. The molecule has 1 aromatic rings. The van der Waals surface area contributed by atoms with E-state index in [2.05, 4.69) is 5.43 Å². The van der Waals surface area contributed by atoms with Gasteiger partial charge in [-0.15, -0.1) is 0 Å². The average Bonchev–Trinajstić information content (AvgIpc) is 2.42. The molecule has 7 nitrogen and oxygen atoms in total. The Labute approximate surface area is 111 Å². The van der Waals surface area contributed by atoms with Crippen molar-refractivity contribution >= 4 is 11.4 Å². The van der Waals surface area contributed by atoms with Crippen LogP contribution in [0.25, 0.3) is 0 Å². The molecule has 106 valence electrons. The fraction of sp³-hybridized carbons (Fsp3) is 0.500. The fourth-order valence-corrected chi connectivity index (χ4v) is 1.52. The smallest absolute Gasteiger partial charge is 0.293 e. The van der Waals surface area contributed by atoms with Crippen molar-refractivity contribution in [2.75, 3.05) is 18.6 Å². The van der Waals surface area contributed by atoms with Gasteiger partial charge in [0.05, 0.1) is 24.2 Å². The zero-order chi connectivity index (χ0) is 14.3. The Balaban J connectivity index is 2.62. The lowest BCUT2D eigenvalue weighted by molar-refractivity contribution is -0.384. The number of benzene rings is 1. The molecular formula is C12H19N3O4. The van der Waals surface area contributed by atoms with Gasteiger partial charge in [0.25, 0.3) is 5.69 Å². The molecule has 19 heavy (non-hydrogen) atoms. The van der Waals surface area contributed by atoms with Gasteiger partial charge in [-0.25, -0.2) is 0 Å². The highest BCUT2D eigenvalue weighted by molar-refractivity contribution is 5.61. The summed E-state index contributed by atoms with van der Waals surface area (Å²) in [5.74, 6) is 5.26. The third-order valence-electron chi connectivity index (χ3n) is 2.50. The van der Waals surface area contributed by atoms with Gasteiger partial charge in [0.15, 0.2) is 0 Å². The highest BCUT2D eigenvalue weighted by Gasteiger charge is 2.13. The number of nitrogens with zero attached hydrogens (tertiary/aromatic N) is 1. The lowest BCUT2D eigenvalue weighted by Gasteiger charge is -2.13. The first kappa shape index (κ1) is 15.4. The third-order valence-corrected chi connectivity index (χ3v) is 2.50. The summed E-state index contributed by atoms with van der Waals surface area (Å²) in [5, 5.41) is 10.7. The number of hydrogen-bond acceptors (Lipinski definition) is 6. The van der Waals surface area contributed by atoms with E-state index in [0.29, 0.717) is 19.8 Å². The average molecular weight is 269 g/mol. The second-order valence-electron chi connectivity index (χ2n) is 4.03. The molecule has 0 saturated carbocycles. The van der Waals surface area contributed by atoms with Crippen LogP contribution in [0.3, 0.4) is 0 Å². The standard InChI is InChI=1S/C12H19N3O4/c1-3-18-7-9(2)19-8-10-4-5-12(15(16)17)11(6-10)14-13/h4-6,9,14H,3,7-8,13H2,1-2H3. The number of nitrogen functional groups attached to an aromatic ring is 1. The lowest BCUT2D eigenvalue weighted by atomic mass is 10.2. The second kappa shape index (κ2) is 7.67. The predicted molar refractivity (Wildman–Crippen MR) is 71.7 cm³/mol. The maximum Gasteiger partial charge on any atom is 0.293 e. The van der Waals surface area contributed by atoms with E-state index in [1.165, 1.54) is 6.07 Å². The summed E-state index contributed by atoms with van der Waals surface area (Å²) in [6.45, 7) is 5.34. The monoisotopic (exact) mass is 269 g/mol. The SMILES string of the molecule is CCOCC(C)OCc1ccc([N+](=O)[O-])c(NN)c1. The van der Waals surface area contributed by atoms with Gasteiger partial charge in [-0.1, -0.05) is 0 Å². The van der Waals surface area contributed by atoms with Crippen LogP contribution < -0.4 is 11.3 Å². The van der Waals surface area contributed by atoms with Gasteiger partial charge >= 0.3 is 0 Å². The maximum absolute atomic E-state index is 10.7. The Bertz CT molecular complexity index is 425. The zero-order valence-electron chi connectivity index (χ0n) is 11.1. The number of hydrazine groups is 1. The molecule has 1 atom stereocenters. The van der Waals surface area contributed by atoms with E-state index in [4.69, 9.17) is 15.3 Å². The van der Waals surface area contributed by atoms with Crippen molar-refractivity contribution in [3.8, 4) is 0 Å². The van der Waals surface area contributed by atoms with Crippen LogP contribution in [0.5, 0.6) is 0 Å². The van der Waals surface area contributed by atoms with E-state index in [1.54, 1.807) is 12.1 Å². The molecule has 0 aliphatic heterocycles. The number of nitro benzene ring substituents is 1.